The SMILES string of the molecule is Cc1ccsc1-c1cccc(C(=O)N[C@@H]2CCCNC2=O)c1. The lowest BCUT2D eigenvalue weighted by atomic mass is 10.0. The standard InChI is InChI=1S/C17H18N2O2S/c1-11-7-9-22-15(11)12-4-2-5-13(10-12)16(20)19-14-6-3-8-18-17(14)21/h2,4-5,7,9-10,14H,3,6,8H2,1H3,(H,18,21)(H,19,20)/t14-/m1/s1. The lowest BCUT2D eigenvalue weighted by Gasteiger charge is -2.22. The van der Waals surface area contributed by atoms with Crippen LogP contribution < -0.4 is 10.6 Å². The number of carbonyl (C=O) groups excluding carboxylic acids is 2. The Labute approximate surface area is 133 Å². The molecule has 0 aliphatic carbocycles. The van der Waals surface area contributed by atoms with Crippen molar-refractivity contribution in [3.05, 3.63) is 46.8 Å². The molecule has 1 atom stereocenters. The number of benzene rings is 1. The maximum absolute atomic E-state index is 12.4. The largest absolute Gasteiger partial charge is 0.354 e. The van der Waals surface area contributed by atoms with Gasteiger partial charge in [0.2, 0.25) is 5.91 Å². The summed E-state index contributed by atoms with van der Waals surface area (Å²) in [5.74, 6) is -0.289. The summed E-state index contributed by atoms with van der Waals surface area (Å²) in [6, 6.07) is 9.19. The van der Waals surface area contributed by atoms with Gasteiger partial charge in [0.1, 0.15) is 6.04 Å². The van der Waals surface area contributed by atoms with Gasteiger partial charge in [-0.15, -0.1) is 11.3 Å². The van der Waals surface area contributed by atoms with E-state index in [4.69, 9.17) is 0 Å². The molecule has 1 aliphatic rings. The van der Waals surface area contributed by atoms with E-state index in [1.54, 1.807) is 17.4 Å². The summed E-state index contributed by atoms with van der Waals surface area (Å²) in [7, 11) is 0. The van der Waals surface area contributed by atoms with Crippen LogP contribution in [-0.2, 0) is 4.79 Å². The number of carbonyl (C=O) groups is 2. The minimum Gasteiger partial charge on any atom is -0.354 e. The Hall–Kier alpha value is -2.14. The molecule has 2 N–H and O–H groups in total. The zero-order valence-electron chi connectivity index (χ0n) is 12.4. The minimum absolute atomic E-state index is 0.0927. The molecule has 1 fully saturated rings. The van der Waals surface area contributed by atoms with E-state index in [0.717, 1.165) is 12.0 Å². The van der Waals surface area contributed by atoms with Crippen molar-refractivity contribution in [2.75, 3.05) is 6.54 Å². The Morgan fingerprint density at radius 2 is 2.23 bits per heavy atom. The smallest absolute Gasteiger partial charge is 0.251 e. The molecule has 22 heavy (non-hydrogen) atoms. The van der Waals surface area contributed by atoms with E-state index in [1.807, 2.05) is 23.6 Å². The fourth-order valence-corrected chi connectivity index (χ4v) is 3.55. The van der Waals surface area contributed by atoms with Gasteiger partial charge in [-0.1, -0.05) is 12.1 Å². The van der Waals surface area contributed by atoms with Crippen LogP contribution in [0.4, 0.5) is 0 Å². The minimum atomic E-state index is -0.423. The monoisotopic (exact) mass is 314 g/mol. The quantitative estimate of drug-likeness (QED) is 0.915. The Morgan fingerprint density at radius 1 is 1.36 bits per heavy atom. The molecule has 0 bridgehead atoms. The number of thiophene rings is 1. The third kappa shape index (κ3) is 3.04. The van der Waals surface area contributed by atoms with Crippen molar-refractivity contribution < 1.29 is 9.59 Å². The van der Waals surface area contributed by atoms with Crippen LogP contribution in [0, 0.1) is 6.92 Å². The first-order chi connectivity index (χ1) is 10.6. The first kappa shape index (κ1) is 14.8. The first-order valence-electron chi connectivity index (χ1n) is 7.38. The van der Waals surface area contributed by atoms with E-state index in [0.29, 0.717) is 18.5 Å². The van der Waals surface area contributed by atoms with Crippen LogP contribution in [0.3, 0.4) is 0 Å². The highest BCUT2D eigenvalue weighted by atomic mass is 32.1. The summed E-state index contributed by atoms with van der Waals surface area (Å²) in [4.78, 5) is 25.3. The molecule has 4 nitrogen and oxygen atoms in total. The average molecular weight is 314 g/mol. The summed E-state index contributed by atoms with van der Waals surface area (Å²) in [5.41, 5.74) is 2.83. The highest BCUT2D eigenvalue weighted by molar-refractivity contribution is 7.13. The Kier molecular flexibility index (Phi) is 4.24. The molecule has 2 aromatic rings. The Balaban J connectivity index is 1.78. The van der Waals surface area contributed by atoms with Crippen LogP contribution in [0.5, 0.6) is 0 Å². The summed E-state index contributed by atoms with van der Waals surface area (Å²) >= 11 is 1.66. The van der Waals surface area contributed by atoms with Crippen LogP contribution in [0.2, 0.25) is 0 Å². The molecule has 1 aromatic heterocycles. The maximum Gasteiger partial charge on any atom is 0.251 e. The van der Waals surface area contributed by atoms with Crippen molar-refractivity contribution >= 4 is 23.2 Å². The van der Waals surface area contributed by atoms with Crippen molar-refractivity contribution in [2.24, 2.45) is 0 Å². The van der Waals surface area contributed by atoms with Gasteiger partial charge in [0.15, 0.2) is 0 Å². The number of amides is 2. The maximum atomic E-state index is 12.4. The third-order valence-electron chi connectivity index (χ3n) is 3.84. The predicted octanol–water partition coefficient (Wildman–Crippen LogP) is 2.73. The van der Waals surface area contributed by atoms with E-state index in [2.05, 4.69) is 23.6 Å². The Bertz CT molecular complexity index is 708. The summed E-state index contributed by atoms with van der Waals surface area (Å²) in [6.45, 7) is 2.75. The number of rotatable bonds is 3. The van der Waals surface area contributed by atoms with Crippen LogP contribution in [0.1, 0.15) is 28.8 Å². The number of hydrogen-bond acceptors (Lipinski definition) is 3. The highest BCUT2D eigenvalue weighted by Gasteiger charge is 2.24. The molecule has 2 amide bonds. The second-order valence-corrected chi connectivity index (χ2v) is 6.39. The van der Waals surface area contributed by atoms with Gasteiger partial charge in [-0.05, 0) is 54.5 Å². The molecule has 1 aliphatic heterocycles. The second kappa shape index (κ2) is 6.32. The topological polar surface area (TPSA) is 58.2 Å². The fourth-order valence-electron chi connectivity index (χ4n) is 2.62. The lowest BCUT2D eigenvalue weighted by molar-refractivity contribution is -0.124. The van der Waals surface area contributed by atoms with E-state index in [-0.39, 0.29) is 11.8 Å². The third-order valence-corrected chi connectivity index (χ3v) is 4.91. The van der Waals surface area contributed by atoms with Gasteiger partial charge >= 0.3 is 0 Å². The molecule has 5 heteroatoms. The fraction of sp³-hybridized carbons (Fsp3) is 0.294. The average Bonchev–Trinajstić information content (AvgIpc) is 2.96. The molecular weight excluding hydrogens is 296 g/mol. The molecule has 0 unspecified atom stereocenters. The molecule has 3 rings (SSSR count). The number of aryl methyl sites for hydroxylation is 1. The first-order valence-corrected chi connectivity index (χ1v) is 8.26. The molecule has 0 radical (unpaired) electrons. The number of nitrogens with one attached hydrogen (secondary N) is 2. The van der Waals surface area contributed by atoms with E-state index >= 15 is 0 Å². The number of piperidine rings is 1. The van der Waals surface area contributed by atoms with Crippen molar-refractivity contribution in [1.29, 1.82) is 0 Å². The van der Waals surface area contributed by atoms with E-state index < -0.39 is 6.04 Å². The number of hydrogen-bond donors (Lipinski definition) is 2. The van der Waals surface area contributed by atoms with Gasteiger partial charge in [-0.2, -0.15) is 0 Å². The molecule has 2 heterocycles. The normalized spacial score (nSPS) is 17.9. The molecule has 0 spiro atoms. The van der Waals surface area contributed by atoms with Gasteiger partial charge in [-0.25, -0.2) is 0 Å². The zero-order valence-corrected chi connectivity index (χ0v) is 13.2. The van der Waals surface area contributed by atoms with Crippen LogP contribution >= 0.6 is 11.3 Å². The zero-order chi connectivity index (χ0) is 15.5. The van der Waals surface area contributed by atoms with Gasteiger partial charge in [0, 0.05) is 17.0 Å². The summed E-state index contributed by atoms with van der Waals surface area (Å²) < 4.78 is 0. The molecule has 114 valence electrons. The van der Waals surface area contributed by atoms with Gasteiger partial charge in [-0.3, -0.25) is 9.59 Å². The van der Waals surface area contributed by atoms with Crippen molar-refractivity contribution in [2.45, 2.75) is 25.8 Å². The van der Waals surface area contributed by atoms with Gasteiger partial charge in [0.05, 0.1) is 0 Å². The lowest BCUT2D eigenvalue weighted by Crippen LogP contribution is -2.50. The van der Waals surface area contributed by atoms with Crippen molar-refractivity contribution in [1.82, 2.24) is 10.6 Å². The summed E-state index contributed by atoms with van der Waals surface area (Å²) in [5, 5.41) is 7.65. The molecular formula is C17H18N2O2S. The predicted molar refractivity (Wildman–Crippen MR) is 88.0 cm³/mol. The van der Waals surface area contributed by atoms with Crippen LogP contribution in [-0.4, -0.2) is 24.4 Å². The second-order valence-electron chi connectivity index (χ2n) is 5.47. The van der Waals surface area contributed by atoms with E-state index in [9.17, 15) is 9.59 Å². The molecule has 0 saturated carbocycles. The molecule has 1 saturated heterocycles. The van der Waals surface area contributed by atoms with Crippen LogP contribution in [0.15, 0.2) is 35.7 Å². The summed E-state index contributed by atoms with van der Waals surface area (Å²) in [6.07, 6.45) is 1.59. The Morgan fingerprint density at radius 3 is 2.95 bits per heavy atom. The van der Waals surface area contributed by atoms with E-state index in [1.165, 1.54) is 10.4 Å². The highest BCUT2D eigenvalue weighted by Crippen LogP contribution is 2.29. The van der Waals surface area contributed by atoms with Gasteiger partial charge < -0.3 is 10.6 Å². The van der Waals surface area contributed by atoms with Gasteiger partial charge in [0.25, 0.3) is 5.91 Å². The van der Waals surface area contributed by atoms with Crippen molar-refractivity contribution in [3.8, 4) is 10.4 Å². The molecule has 1 aromatic carbocycles. The van der Waals surface area contributed by atoms with Crippen LogP contribution in [0.25, 0.3) is 10.4 Å². The van der Waals surface area contributed by atoms with Crippen molar-refractivity contribution in [3.63, 3.8) is 0 Å².